The first-order valence-corrected chi connectivity index (χ1v) is 21.5. The Labute approximate surface area is 377 Å². The molecule has 8 atom stereocenters. The number of halogens is 2. The van der Waals surface area contributed by atoms with Crippen molar-refractivity contribution in [2.75, 3.05) is 28.3 Å². The number of piperidine rings is 2. The number of carboxylic acid groups (broad SMARTS) is 2. The van der Waals surface area contributed by atoms with E-state index < -0.39 is 29.3 Å². The Kier molecular flexibility index (Phi) is 17.1. The molecule has 2 aromatic rings. The second-order valence-electron chi connectivity index (χ2n) is 18.3. The van der Waals surface area contributed by atoms with Crippen molar-refractivity contribution in [3.8, 4) is 23.0 Å². The van der Waals surface area contributed by atoms with Gasteiger partial charge in [-0.1, -0.05) is 25.7 Å². The van der Waals surface area contributed by atoms with Gasteiger partial charge in [0.1, 0.15) is 13.1 Å². The van der Waals surface area contributed by atoms with Gasteiger partial charge in [0.25, 0.3) is 0 Å². The second-order valence-corrected chi connectivity index (χ2v) is 18.3. The van der Waals surface area contributed by atoms with E-state index in [1.165, 1.54) is 13.8 Å². The highest BCUT2D eigenvalue weighted by Gasteiger charge is 2.63. The molecule has 4 bridgehead atoms. The molecular weight excluding hydrogens is 900 g/mol. The lowest BCUT2D eigenvalue weighted by molar-refractivity contribution is -0.963. The van der Waals surface area contributed by atoms with Gasteiger partial charge in [0.05, 0.1) is 57.9 Å². The Bertz CT molecular complexity index is 1700. The molecular formula is C46H66Br2N2O10. The summed E-state index contributed by atoms with van der Waals surface area (Å²) in [6.07, 6.45) is 12.8. The molecule has 2 N–H and O–H groups in total. The Hall–Kier alpha value is -3.20. The average Bonchev–Trinajstić information content (AvgIpc) is 3.39. The van der Waals surface area contributed by atoms with Crippen LogP contribution in [0.15, 0.2) is 36.4 Å². The average molecular weight is 967 g/mol. The number of carboxylic acids is 2. The van der Waals surface area contributed by atoms with Crippen LogP contribution in [-0.4, -0.2) is 95.5 Å². The molecule has 4 saturated heterocycles. The molecule has 334 valence electrons. The first-order chi connectivity index (χ1) is 27.6. The molecule has 14 heteroatoms. The lowest BCUT2D eigenvalue weighted by atomic mass is 9.56. The van der Waals surface area contributed by atoms with E-state index in [1.54, 1.807) is 14.2 Å². The number of methoxy groups -OCH3 is 2. The van der Waals surface area contributed by atoms with Crippen LogP contribution in [0.2, 0.25) is 0 Å². The number of ether oxygens (including phenoxy) is 4. The van der Waals surface area contributed by atoms with Crippen molar-refractivity contribution in [2.45, 2.75) is 147 Å². The number of unbranched alkanes of at least 4 members (excludes halogenated alkanes) is 4. The largest absolute Gasteiger partial charge is 1.00 e. The highest BCUT2D eigenvalue weighted by atomic mass is 79.9. The van der Waals surface area contributed by atoms with Crippen LogP contribution in [-0.2, 0) is 32.3 Å². The zero-order chi connectivity index (χ0) is 41.8. The summed E-state index contributed by atoms with van der Waals surface area (Å²) in [5.74, 6) is -0.169. The third-order valence-corrected chi connectivity index (χ3v) is 15.1. The first-order valence-electron chi connectivity index (χ1n) is 21.5. The maximum atomic E-state index is 14.2. The molecule has 0 amide bonds. The Balaban J connectivity index is 0.00000397. The minimum absolute atomic E-state index is 0. The number of hydrogen-bond donors (Lipinski definition) is 2. The van der Waals surface area contributed by atoms with Gasteiger partial charge in [-0.2, -0.15) is 0 Å². The molecule has 0 radical (unpaired) electrons. The van der Waals surface area contributed by atoms with Crippen LogP contribution >= 0.6 is 0 Å². The first kappa shape index (κ1) is 49.5. The number of carbonyl (C=O) groups excluding carboxylic acids is 2. The Morgan fingerprint density at radius 1 is 0.617 bits per heavy atom. The molecule has 0 saturated carbocycles. The van der Waals surface area contributed by atoms with Crippen molar-refractivity contribution >= 4 is 23.9 Å². The summed E-state index contributed by atoms with van der Waals surface area (Å²) in [6, 6.07) is 13.0. The number of benzene rings is 2. The van der Waals surface area contributed by atoms with Crippen LogP contribution < -0.4 is 52.9 Å². The molecule has 4 unspecified atom stereocenters. The maximum absolute atomic E-state index is 14.2. The number of quaternary nitrogens is 2. The van der Waals surface area contributed by atoms with Gasteiger partial charge in [-0.25, -0.2) is 0 Å². The summed E-state index contributed by atoms with van der Waals surface area (Å²) >= 11 is 0. The van der Waals surface area contributed by atoms with Crippen LogP contribution in [0.25, 0.3) is 0 Å². The van der Waals surface area contributed by atoms with Gasteiger partial charge < -0.3 is 72.1 Å². The molecule has 6 rings (SSSR count). The van der Waals surface area contributed by atoms with E-state index in [1.807, 2.05) is 36.4 Å². The Morgan fingerprint density at radius 2 is 1.00 bits per heavy atom. The van der Waals surface area contributed by atoms with E-state index in [0.29, 0.717) is 60.0 Å². The van der Waals surface area contributed by atoms with Gasteiger partial charge >= 0.3 is 23.9 Å². The summed E-state index contributed by atoms with van der Waals surface area (Å²) in [5, 5.41) is 20.8. The fourth-order valence-electron chi connectivity index (χ4n) is 12.2. The summed E-state index contributed by atoms with van der Waals surface area (Å²) in [4.78, 5) is 48.7. The van der Waals surface area contributed by atoms with Gasteiger partial charge in [0.15, 0.2) is 23.0 Å². The van der Waals surface area contributed by atoms with E-state index in [0.717, 1.165) is 110 Å². The van der Waals surface area contributed by atoms with Crippen molar-refractivity contribution in [1.82, 2.24) is 0 Å². The van der Waals surface area contributed by atoms with Gasteiger partial charge in [-0.3, -0.25) is 19.2 Å². The van der Waals surface area contributed by atoms with Crippen molar-refractivity contribution in [3.05, 3.63) is 47.5 Å². The van der Waals surface area contributed by atoms with Gasteiger partial charge in [0, 0.05) is 82.8 Å². The van der Waals surface area contributed by atoms with Crippen molar-refractivity contribution in [2.24, 2.45) is 17.3 Å². The third kappa shape index (κ3) is 10.3. The van der Waals surface area contributed by atoms with Crippen molar-refractivity contribution in [3.63, 3.8) is 0 Å². The number of fused-ring (bicyclic) bond motifs is 4. The standard InChI is InChI=1S/C46H64N2O10.2BrH/c1-30(49)57-40-19-13-32(22-42(40)55-5)28-47(3)36-15-16-37(47)25-34(24-36)46(45(53)54,21-11-9-7-8-10-12-44(51)52)35-26-38-17-18-39(27-35)48(38,4)29-33-14-20-41(58-31(2)50)43(23-33)56-6;;/h13-14,19-20,22-23,34-39H,7-12,15-18,21,24-29H2,1-6H3;2*1H/t34?,35?,36-,37+,38-,39+,46?,47?,48?;;. The van der Waals surface area contributed by atoms with Crippen molar-refractivity contribution in [1.29, 1.82) is 0 Å². The van der Waals surface area contributed by atoms with Gasteiger partial charge in [-0.15, -0.1) is 0 Å². The quantitative estimate of drug-likeness (QED) is 0.0929. The van der Waals surface area contributed by atoms with E-state index in [9.17, 15) is 24.3 Å². The fourth-order valence-corrected chi connectivity index (χ4v) is 12.2. The lowest BCUT2D eigenvalue weighted by Gasteiger charge is -2.55. The molecule has 0 spiro atoms. The molecule has 4 fully saturated rings. The summed E-state index contributed by atoms with van der Waals surface area (Å²) < 4.78 is 23.7. The topological polar surface area (TPSA) is 146 Å². The predicted octanol–water partition coefficient (Wildman–Crippen LogP) is 1.92. The lowest BCUT2D eigenvalue weighted by Crippen LogP contribution is -3.00. The van der Waals surface area contributed by atoms with Gasteiger partial charge in [0.2, 0.25) is 0 Å². The number of aliphatic carboxylic acids is 2. The summed E-state index contributed by atoms with van der Waals surface area (Å²) in [7, 11) is 7.86. The summed E-state index contributed by atoms with van der Waals surface area (Å²) in [5.41, 5.74) is 1.39. The SMILES string of the molecule is COc1cc(C[N+]2(C)[C@@H]3CC[C@H]2CC(C(CCCCCCCC(=O)O)(C(=O)O)C2C[C@H]4CC[C@@H](C2)[N+]4(C)Cc2ccc(OC(C)=O)c(OC)c2)C3)ccc1OC(C)=O.[Br-].[Br-]. The van der Waals surface area contributed by atoms with E-state index in [-0.39, 0.29) is 52.2 Å². The molecule has 12 nitrogen and oxygen atoms in total. The number of esters is 2. The highest BCUT2D eigenvalue weighted by Crippen LogP contribution is 2.59. The fraction of sp³-hybridized carbons (Fsp3) is 0.652. The number of carbonyl (C=O) groups is 4. The van der Waals surface area contributed by atoms with Crippen LogP contribution in [0.5, 0.6) is 23.0 Å². The smallest absolute Gasteiger partial charge is 0.310 e. The van der Waals surface area contributed by atoms with Gasteiger partial charge in [-0.05, 0) is 61.1 Å². The van der Waals surface area contributed by atoms with Crippen LogP contribution in [0.3, 0.4) is 0 Å². The number of rotatable bonds is 19. The third-order valence-electron chi connectivity index (χ3n) is 15.1. The monoisotopic (exact) mass is 964 g/mol. The predicted molar refractivity (Wildman–Crippen MR) is 217 cm³/mol. The molecule has 0 aliphatic carbocycles. The number of nitrogens with zero attached hydrogens (tertiary/aromatic N) is 2. The van der Waals surface area contributed by atoms with Crippen molar-refractivity contribution < 1.29 is 91.3 Å². The highest BCUT2D eigenvalue weighted by molar-refractivity contribution is 5.76. The molecule has 60 heavy (non-hydrogen) atoms. The normalized spacial score (nSPS) is 28.6. The molecule has 4 aliphatic rings. The molecule has 0 aromatic heterocycles. The van der Waals surface area contributed by atoms with E-state index in [2.05, 4.69) is 14.1 Å². The molecule has 4 aliphatic heterocycles. The van der Waals surface area contributed by atoms with Crippen LogP contribution in [0.1, 0.15) is 121 Å². The number of hydrogen-bond acceptors (Lipinski definition) is 8. The van der Waals surface area contributed by atoms with E-state index >= 15 is 0 Å². The Morgan fingerprint density at radius 3 is 1.35 bits per heavy atom. The minimum atomic E-state index is -0.830. The van der Waals surface area contributed by atoms with Crippen LogP contribution in [0.4, 0.5) is 0 Å². The van der Waals surface area contributed by atoms with E-state index in [4.69, 9.17) is 24.1 Å². The summed E-state index contributed by atoms with van der Waals surface area (Å²) in [6.45, 7) is 4.35. The molecule has 4 heterocycles. The zero-order valence-corrected chi connectivity index (χ0v) is 39.4. The molecule has 2 aromatic carbocycles. The maximum Gasteiger partial charge on any atom is 0.310 e. The van der Waals surface area contributed by atoms with Crippen LogP contribution in [0, 0.1) is 17.3 Å². The zero-order valence-electron chi connectivity index (χ0n) is 36.3. The minimum Gasteiger partial charge on any atom is -1.00 e. The second kappa shape index (κ2) is 20.8.